The molecule has 8 nitrogen and oxygen atoms in total. The second-order valence-corrected chi connectivity index (χ2v) is 9.17. The van der Waals surface area contributed by atoms with Gasteiger partial charge >= 0.3 is 0 Å². The quantitative estimate of drug-likeness (QED) is 0.391. The number of likely N-dealkylation sites (tertiary alicyclic amines) is 1. The van der Waals surface area contributed by atoms with Gasteiger partial charge in [-0.05, 0) is 37.1 Å². The van der Waals surface area contributed by atoms with Gasteiger partial charge in [-0.15, -0.1) is 0 Å². The Labute approximate surface area is 177 Å². The molecule has 1 aromatic carbocycles. The van der Waals surface area contributed by atoms with Crippen molar-refractivity contribution in [3.63, 3.8) is 0 Å². The van der Waals surface area contributed by atoms with Gasteiger partial charge in [0.15, 0.2) is 5.96 Å². The molecular weight excluding hydrogens is 412 g/mol. The van der Waals surface area contributed by atoms with Crippen molar-refractivity contribution in [2.45, 2.75) is 24.2 Å². The van der Waals surface area contributed by atoms with Gasteiger partial charge < -0.3 is 10.2 Å². The van der Waals surface area contributed by atoms with Crippen LogP contribution in [0.15, 0.2) is 46.5 Å². The first-order valence-corrected chi connectivity index (χ1v) is 11.5. The molecule has 0 amide bonds. The summed E-state index contributed by atoms with van der Waals surface area (Å²) >= 11 is 5.89. The van der Waals surface area contributed by atoms with Gasteiger partial charge in [-0.1, -0.05) is 17.7 Å². The molecule has 1 unspecified atom stereocenters. The third-order valence-electron chi connectivity index (χ3n) is 4.79. The molecule has 1 saturated heterocycles. The molecular formula is C19H27ClN6O2S. The molecule has 2 heterocycles. The van der Waals surface area contributed by atoms with Crippen LogP contribution in [0.3, 0.4) is 0 Å². The fourth-order valence-electron chi connectivity index (χ4n) is 3.36. The van der Waals surface area contributed by atoms with E-state index < -0.39 is 10.0 Å². The van der Waals surface area contributed by atoms with Crippen molar-refractivity contribution in [1.29, 1.82) is 0 Å². The van der Waals surface area contributed by atoms with Gasteiger partial charge in [-0.25, -0.2) is 13.1 Å². The molecule has 0 spiro atoms. The molecule has 1 aromatic heterocycles. The van der Waals surface area contributed by atoms with Gasteiger partial charge in [0.25, 0.3) is 0 Å². The van der Waals surface area contributed by atoms with E-state index >= 15 is 0 Å². The van der Waals surface area contributed by atoms with E-state index in [4.69, 9.17) is 11.6 Å². The lowest BCUT2D eigenvalue weighted by Crippen LogP contribution is -2.40. The van der Waals surface area contributed by atoms with Crippen LogP contribution in [-0.4, -0.2) is 61.8 Å². The lowest BCUT2D eigenvalue weighted by molar-refractivity contribution is 0.486. The van der Waals surface area contributed by atoms with Crippen molar-refractivity contribution in [3.05, 3.63) is 47.2 Å². The predicted molar refractivity (Wildman–Crippen MR) is 115 cm³/mol. The van der Waals surface area contributed by atoms with Crippen LogP contribution in [0, 0.1) is 0 Å². The number of nitrogens with zero attached hydrogens (tertiary/aromatic N) is 4. The number of nitrogens with one attached hydrogen (secondary N) is 2. The van der Waals surface area contributed by atoms with Crippen molar-refractivity contribution >= 4 is 27.6 Å². The summed E-state index contributed by atoms with van der Waals surface area (Å²) in [6.45, 7) is 5.10. The van der Waals surface area contributed by atoms with E-state index in [1.54, 1.807) is 12.1 Å². The molecule has 2 aromatic rings. The number of aromatic nitrogens is 2. The number of rotatable bonds is 7. The van der Waals surface area contributed by atoms with Crippen molar-refractivity contribution in [2.75, 3.05) is 32.7 Å². The van der Waals surface area contributed by atoms with Crippen LogP contribution in [0.4, 0.5) is 0 Å². The first kappa shape index (κ1) is 21.6. The highest BCUT2D eigenvalue weighted by molar-refractivity contribution is 7.89. The van der Waals surface area contributed by atoms with Crippen LogP contribution in [0.2, 0.25) is 5.02 Å². The van der Waals surface area contributed by atoms with Gasteiger partial charge in [0.1, 0.15) is 0 Å². The van der Waals surface area contributed by atoms with Crippen molar-refractivity contribution in [2.24, 2.45) is 12.0 Å². The topological polar surface area (TPSA) is 91.6 Å². The lowest BCUT2D eigenvalue weighted by atomic mass is 10.0. The summed E-state index contributed by atoms with van der Waals surface area (Å²) in [6.07, 6.45) is 5.02. The molecule has 1 aliphatic rings. The number of guanidine groups is 1. The van der Waals surface area contributed by atoms with Gasteiger partial charge in [0.05, 0.1) is 17.6 Å². The monoisotopic (exact) mass is 438 g/mol. The average molecular weight is 439 g/mol. The highest BCUT2D eigenvalue weighted by Gasteiger charge is 2.26. The molecule has 3 rings (SSSR count). The third kappa shape index (κ3) is 5.71. The fraction of sp³-hybridized carbons (Fsp3) is 0.474. The summed E-state index contributed by atoms with van der Waals surface area (Å²) in [6, 6.07) is 6.21. The first-order valence-electron chi connectivity index (χ1n) is 9.66. The van der Waals surface area contributed by atoms with Crippen LogP contribution in [0.25, 0.3) is 0 Å². The highest BCUT2D eigenvalue weighted by atomic mass is 35.5. The normalized spacial score (nSPS) is 17.7. The molecule has 0 bridgehead atoms. The molecule has 1 aliphatic heterocycles. The SMILES string of the molecule is CCNC(=NCCNS(=O)(=O)c1cccc(Cl)c1)N1CCC(c2cnn(C)c2)C1. The zero-order valence-corrected chi connectivity index (χ0v) is 18.2. The van der Waals surface area contributed by atoms with Gasteiger partial charge in [-0.2, -0.15) is 5.10 Å². The Bertz CT molecular complexity index is 959. The Morgan fingerprint density at radius 2 is 2.24 bits per heavy atom. The van der Waals surface area contributed by atoms with Crippen LogP contribution < -0.4 is 10.0 Å². The summed E-state index contributed by atoms with van der Waals surface area (Å²) in [4.78, 5) is 6.97. The zero-order chi connectivity index (χ0) is 20.9. The molecule has 0 saturated carbocycles. The van der Waals surface area contributed by atoms with Crippen LogP contribution in [0.5, 0.6) is 0 Å². The lowest BCUT2D eigenvalue weighted by Gasteiger charge is -2.21. The van der Waals surface area contributed by atoms with Gasteiger partial charge in [0.2, 0.25) is 10.0 Å². The second-order valence-electron chi connectivity index (χ2n) is 6.97. The van der Waals surface area contributed by atoms with Crippen LogP contribution in [0.1, 0.15) is 24.8 Å². The summed E-state index contributed by atoms with van der Waals surface area (Å²) < 4.78 is 29.1. The van der Waals surface area contributed by atoms with E-state index in [2.05, 4.69) is 31.2 Å². The minimum atomic E-state index is -3.60. The number of halogens is 1. The summed E-state index contributed by atoms with van der Waals surface area (Å²) in [5.41, 5.74) is 1.24. The number of hydrogen-bond donors (Lipinski definition) is 2. The van der Waals surface area contributed by atoms with Crippen LogP contribution in [-0.2, 0) is 17.1 Å². The Morgan fingerprint density at radius 1 is 1.41 bits per heavy atom. The van der Waals surface area contributed by atoms with E-state index in [1.165, 1.54) is 17.7 Å². The number of aryl methyl sites for hydroxylation is 1. The van der Waals surface area contributed by atoms with Crippen molar-refractivity contribution in [3.8, 4) is 0 Å². The number of sulfonamides is 1. The third-order valence-corrected chi connectivity index (χ3v) is 6.48. The number of aliphatic imine (C=N–C) groups is 1. The van der Waals surface area contributed by atoms with E-state index in [-0.39, 0.29) is 11.4 Å². The summed E-state index contributed by atoms with van der Waals surface area (Å²) in [7, 11) is -1.68. The predicted octanol–water partition coefficient (Wildman–Crippen LogP) is 1.81. The number of benzene rings is 1. The van der Waals surface area contributed by atoms with E-state index in [0.29, 0.717) is 17.5 Å². The molecule has 158 valence electrons. The fourth-order valence-corrected chi connectivity index (χ4v) is 4.68. The highest BCUT2D eigenvalue weighted by Crippen LogP contribution is 2.26. The molecule has 2 N–H and O–H groups in total. The Hall–Kier alpha value is -2.10. The molecule has 29 heavy (non-hydrogen) atoms. The molecule has 1 fully saturated rings. The zero-order valence-electron chi connectivity index (χ0n) is 16.7. The maximum atomic E-state index is 12.4. The molecule has 0 aliphatic carbocycles. The minimum Gasteiger partial charge on any atom is -0.357 e. The largest absolute Gasteiger partial charge is 0.357 e. The molecule has 0 radical (unpaired) electrons. The number of hydrogen-bond acceptors (Lipinski definition) is 4. The maximum Gasteiger partial charge on any atom is 0.240 e. The Balaban J connectivity index is 1.57. The summed E-state index contributed by atoms with van der Waals surface area (Å²) in [5, 5.41) is 7.95. The van der Waals surface area contributed by atoms with Crippen LogP contribution >= 0.6 is 11.6 Å². The average Bonchev–Trinajstić information content (AvgIpc) is 3.33. The van der Waals surface area contributed by atoms with Crippen molar-refractivity contribution < 1.29 is 8.42 Å². The van der Waals surface area contributed by atoms with Gasteiger partial charge in [0, 0.05) is 50.4 Å². The Kier molecular flexibility index (Phi) is 7.15. The summed E-state index contributed by atoms with van der Waals surface area (Å²) in [5.74, 6) is 1.23. The smallest absolute Gasteiger partial charge is 0.240 e. The minimum absolute atomic E-state index is 0.153. The molecule has 1 atom stereocenters. The standard InChI is InChI=1S/C19H27ClN6O2S/c1-3-21-19(26-10-7-15(14-26)16-12-23-25(2)13-16)22-8-9-24-29(27,28)18-6-4-5-17(20)11-18/h4-6,11-13,15,24H,3,7-10,14H2,1-2H3,(H,21,22). The van der Waals surface area contributed by atoms with Crippen molar-refractivity contribution in [1.82, 2.24) is 24.7 Å². The van der Waals surface area contributed by atoms with E-state index in [1.807, 2.05) is 24.9 Å². The van der Waals surface area contributed by atoms with Gasteiger partial charge in [-0.3, -0.25) is 9.67 Å². The maximum absolute atomic E-state index is 12.4. The second kappa shape index (κ2) is 9.60. The molecule has 10 heteroatoms. The van der Waals surface area contributed by atoms with E-state index in [9.17, 15) is 8.42 Å². The van der Waals surface area contributed by atoms with E-state index in [0.717, 1.165) is 32.0 Å². The first-order chi connectivity index (χ1) is 13.9. The Morgan fingerprint density at radius 3 is 2.93 bits per heavy atom.